The number of pyridine rings is 1. The highest BCUT2D eigenvalue weighted by Crippen LogP contribution is 2.07. The number of carbonyl (C=O) groups excluding carboxylic acids is 1. The van der Waals surface area contributed by atoms with Gasteiger partial charge in [-0.15, -0.1) is 0 Å². The Labute approximate surface area is 120 Å². The number of hydrogen-bond acceptors (Lipinski definition) is 4. The molecule has 1 amide bonds. The van der Waals surface area contributed by atoms with Crippen LogP contribution in [0.3, 0.4) is 0 Å². The van der Waals surface area contributed by atoms with Crippen LogP contribution in [-0.4, -0.2) is 31.7 Å². The minimum absolute atomic E-state index is 0.0791. The summed E-state index contributed by atoms with van der Waals surface area (Å²) >= 11 is 3.20. The van der Waals surface area contributed by atoms with Crippen molar-refractivity contribution < 1.29 is 14.7 Å². The van der Waals surface area contributed by atoms with E-state index in [1.165, 1.54) is 22.9 Å². The molecule has 0 aliphatic heterocycles. The molecule has 0 aromatic carbocycles. The molecular weight excluding hydrogens is 332 g/mol. The molecule has 0 aliphatic rings. The zero-order chi connectivity index (χ0) is 14.7. The standard InChI is InChI=1S/C11H9BrN4O4/c12-6-1-2-10(18)16(4-6)5-9(17)13-8-3-7(11(19)20)14-15-8/h1-4H,5H2,(H,19,20)(H2,13,14,15,17). The zero-order valence-electron chi connectivity index (χ0n) is 9.96. The molecule has 0 bridgehead atoms. The first-order chi connectivity index (χ1) is 9.45. The summed E-state index contributed by atoms with van der Waals surface area (Å²) in [6.07, 6.45) is 1.48. The lowest BCUT2D eigenvalue weighted by Gasteiger charge is -2.05. The van der Waals surface area contributed by atoms with Gasteiger partial charge in [0.05, 0.1) is 0 Å². The molecule has 0 unspecified atom stereocenters. The number of rotatable bonds is 4. The van der Waals surface area contributed by atoms with E-state index in [0.717, 1.165) is 0 Å². The Balaban J connectivity index is 2.07. The van der Waals surface area contributed by atoms with Crippen molar-refractivity contribution in [3.63, 3.8) is 0 Å². The summed E-state index contributed by atoms with van der Waals surface area (Å²) in [6.45, 7) is -0.201. The van der Waals surface area contributed by atoms with Crippen LogP contribution in [0, 0.1) is 0 Å². The molecule has 2 aromatic rings. The Bertz CT molecular complexity index is 721. The molecular formula is C11H9BrN4O4. The van der Waals surface area contributed by atoms with Crippen LogP contribution in [0.25, 0.3) is 0 Å². The highest BCUT2D eigenvalue weighted by Gasteiger charge is 2.11. The van der Waals surface area contributed by atoms with Crippen molar-refractivity contribution in [2.75, 3.05) is 5.32 Å². The highest BCUT2D eigenvalue weighted by atomic mass is 79.9. The van der Waals surface area contributed by atoms with E-state index in [4.69, 9.17) is 5.11 Å². The van der Waals surface area contributed by atoms with E-state index in [1.54, 1.807) is 6.07 Å². The normalized spacial score (nSPS) is 10.2. The van der Waals surface area contributed by atoms with Crippen molar-refractivity contribution in [3.8, 4) is 0 Å². The molecule has 3 N–H and O–H groups in total. The fraction of sp³-hybridized carbons (Fsp3) is 0.0909. The first-order valence-corrected chi connectivity index (χ1v) is 6.19. The van der Waals surface area contributed by atoms with Gasteiger partial charge in [0.1, 0.15) is 12.2 Å². The van der Waals surface area contributed by atoms with Gasteiger partial charge < -0.3 is 15.0 Å². The number of nitrogens with one attached hydrogen (secondary N) is 2. The number of carbonyl (C=O) groups is 2. The molecule has 2 rings (SSSR count). The Hall–Kier alpha value is -2.42. The van der Waals surface area contributed by atoms with Gasteiger partial charge in [-0.3, -0.25) is 14.7 Å². The van der Waals surface area contributed by atoms with Gasteiger partial charge in [0.2, 0.25) is 5.91 Å². The van der Waals surface area contributed by atoms with Crippen LogP contribution in [0.5, 0.6) is 0 Å². The van der Waals surface area contributed by atoms with Gasteiger partial charge in [0.25, 0.3) is 5.56 Å². The van der Waals surface area contributed by atoms with E-state index < -0.39 is 11.9 Å². The molecule has 0 spiro atoms. The number of aromatic nitrogens is 3. The fourth-order valence-electron chi connectivity index (χ4n) is 1.46. The Kier molecular flexibility index (Phi) is 3.99. The van der Waals surface area contributed by atoms with Crippen molar-refractivity contribution in [1.29, 1.82) is 0 Å². The van der Waals surface area contributed by atoms with Crippen LogP contribution >= 0.6 is 15.9 Å². The third-order valence-corrected chi connectivity index (χ3v) is 2.81. The molecule has 0 saturated carbocycles. The first-order valence-electron chi connectivity index (χ1n) is 5.40. The van der Waals surface area contributed by atoms with Crippen molar-refractivity contribution in [2.45, 2.75) is 6.54 Å². The average Bonchev–Trinajstić information content (AvgIpc) is 2.82. The topological polar surface area (TPSA) is 117 Å². The fourth-order valence-corrected chi connectivity index (χ4v) is 1.84. The molecule has 104 valence electrons. The molecule has 2 aromatic heterocycles. The van der Waals surface area contributed by atoms with Crippen LogP contribution in [0.4, 0.5) is 5.82 Å². The Morgan fingerprint density at radius 1 is 1.45 bits per heavy atom. The van der Waals surface area contributed by atoms with Crippen LogP contribution < -0.4 is 10.9 Å². The summed E-state index contributed by atoms with van der Waals surface area (Å²) < 4.78 is 1.88. The van der Waals surface area contributed by atoms with E-state index in [2.05, 4.69) is 31.4 Å². The summed E-state index contributed by atoms with van der Waals surface area (Å²) in [6, 6.07) is 4.09. The molecule has 9 heteroatoms. The number of H-pyrrole nitrogens is 1. The number of aromatic carboxylic acids is 1. The SMILES string of the molecule is O=C(Cn1cc(Br)ccc1=O)Nc1cc(C(=O)O)[nH]n1. The third kappa shape index (κ3) is 3.32. The Morgan fingerprint density at radius 3 is 2.85 bits per heavy atom. The monoisotopic (exact) mass is 340 g/mol. The summed E-state index contributed by atoms with van der Waals surface area (Å²) in [4.78, 5) is 33.9. The number of nitrogens with zero attached hydrogens (tertiary/aromatic N) is 2. The van der Waals surface area contributed by atoms with E-state index >= 15 is 0 Å². The van der Waals surface area contributed by atoms with Crippen LogP contribution in [0.15, 0.2) is 33.7 Å². The minimum Gasteiger partial charge on any atom is -0.477 e. The van der Waals surface area contributed by atoms with E-state index in [1.807, 2.05) is 0 Å². The van der Waals surface area contributed by atoms with Gasteiger partial charge in [-0.05, 0) is 22.0 Å². The number of aromatic amines is 1. The lowest BCUT2D eigenvalue weighted by atomic mass is 10.4. The summed E-state index contributed by atoms with van der Waals surface area (Å²) in [5, 5.41) is 17.0. The molecule has 2 heterocycles. The van der Waals surface area contributed by atoms with Gasteiger partial charge in [0.15, 0.2) is 5.82 Å². The van der Waals surface area contributed by atoms with Gasteiger partial charge in [0, 0.05) is 22.8 Å². The first kappa shape index (κ1) is 14.0. The second-order valence-electron chi connectivity index (χ2n) is 3.83. The maximum absolute atomic E-state index is 11.7. The van der Waals surface area contributed by atoms with Crippen molar-refractivity contribution >= 4 is 33.6 Å². The number of halogens is 1. The summed E-state index contributed by atoms with van der Waals surface area (Å²) in [5.41, 5.74) is -0.462. The smallest absolute Gasteiger partial charge is 0.353 e. The van der Waals surface area contributed by atoms with Gasteiger partial charge >= 0.3 is 5.97 Å². The predicted molar refractivity (Wildman–Crippen MR) is 72.6 cm³/mol. The summed E-state index contributed by atoms with van der Waals surface area (Å²) in [5.74, 6) is -1.59. The van der Waals surface area contributed by atoms with E-state index in [0.29, 0.717) is 4.47 Å². The number of amides is 1. The van der Waals surface area contributed by atoms with Gasteiger partial charge in [-0.1, -0.05) is 0 Å². The largest absolute Gasteiger partial charge is 0.477 e. The maximum Gasteiger partial charge on any atom is 0.353 e. The molecule has 0 atom stereocenters. The zero-order valence-corrected chi connectivity index (χ0v) is 11.5. The summed E-state index contributed by atoms with van der Waals surface area (Å²) in [7, 11) is 0. The molecule has 20 heavy (non-hydrogen) atoms. The molecule has 0 aliphatic carbocycles. The number of carboxylic acids is 1. The second kappa shape index (κ2) is 5.70. The quantitative estimate of drug-likeness (QED) is 0.756. The molecule has 8 nitrogen and oxygen atoms in total. The van der Waals surface area contributed by atoms with Crippen LogP contribution in [0.2, 0.25) is 0 Å². The van der Waals surface area contributed by atoms with Gasteiger partial charge in [-0.2, -0.15) is 5.10 Å². The van der Waals surface area contributed by atoms with Crippen LogP contribution in [0.1, 0.15) is 10.5 Å². The molecule has 0 radical (unpaired) electrons. The Morgan fingerprint density at radius 2 is 2.20 bits per heavy atom. The number of anilines is 1. The average molecular weight is 341 g/mol. The molecule has 0 fully saturated rings. The lowest BCUT2D eigenvalue weighted by Crippen LogP contribution is -2.26. The maximum atomic E-state index is 11.7. The highest BCUT2D eigenvalue weighted by molar-refractivity contribution is 9.10. The number of carboxylic acid groups (broad SMARTS) is 1. The van der Waals surface area contributed by atoms with Crippen LogP contribution in [-0.2, 0) is 11.3 Å². The second-order valence-corrected chi connectivity index (χ2v) is 4.75. The lowest BCUT2D eigenvalue weighted by molar-refractivity contribution is -0.116. The van der Waals surface area contributed by atoms with Crippen molar-refractivity contribution in [3.05, 3.63) is 44.9 Å². The van der Waals surface area contributed by atoms with E-state index in [9.17, 15) is 14.4 Å². The van der Waals surface area contributed by atoms with E-state index in [-0.39, 0.29) is 23.6 Å². The van der Waals surface area contributed by atoms with Crippen molar-refractivity contribution in [2.24, 2.45) is 0 Å². The van der Waals surface area contributed by atoms with Gasteiger partial charge in [-0.25, -0.2) is 4.79 Å². The third-order valence-electron chi connectivity index (χ3n) is 2.34. The minimum atomic E-state index is -1.18. The number of hydrogen-bond donors (Lipinski definition) is 3. The molecule has 0 saturated heterocycles. The van der Waals surface area contributed by atoms with Crippen molar-refractivity contribution in [1.82, 2.24) is 14.8 Å². The predicted octanol–water partition coefficient (Wildman–Crippen LogP) is 0.671.